The van der Waals surface area contributed by atoms with E-state index >= 15 is 0 Å². The van der Waals surface area contributed by atoms with Gasteiger partial charge in [0.15, 0.2) is 0 Å². The average Bonchev–Trinajstić information content (AvgIpc) is 2.60. The molecule has 0 aliphatic carbocycles. The molecule has 9 heteroatoms. The Morgan fingerprint density at radius 2 is 2.12 bits per heavy atom. The number of carbonyl (C=O) groups is 1. The lowest BCUT2D eigenvalue weighted by molar-refractivity contribution is -0.114. The van der Waals surface area contributed by atoms with Crippen LogP contribution in [-0.2, 0) is 4.74 Å². The van der Waals surface area contributed by atoms with Crippen molar-refractivity contribution < 1.29 is 13.9 Å². The van der Waals surface area contributed by atoms with Crippen molar-refractivity contribution in [1.82, 2.24) is 19.9 Å². The van der Waals surface area contributed by atoms with Gasteiger partial charge in [0.2, 0.25) is 11.5 Å². The number of nitrogens with zero attached hydrogens (tertiary/aromatic N) is 4. The molecule has 2 aromatic rings. The second-order valence-corrected chi connectivity index (χ2v) is 6.25. The van der Waals surface area contributed by atoms with Crippen LogP contribution in [-0.4, -0.2) is 64.1 Å². The molecule has 2 saturated heterocycles. The maximum atomic E-state index is 13.2. The number of halogens is 1. The molecule has 2 aliphatic rings. The summed E-state index contributed by atoms with van der Waals surface area (Å²) in [6.45, 7) is 2.41. The summed E-state index contributed by atoms with van der Waals surface area (Å²) in [6.07, 6.45) is 2.60. The third kappa shape index (κ3) is 2.98. The van der Waals surface area contributed by atoms with Crippen molar-refractivity contribution in [3.63, 3.8) is 0 Å². The molecule has 0 bridgehead atoms. The average molecular weight is 345 g/mol. The summed E-state index contributed by atoms with van der Waals surface area (Å²) < 4.78 is 19.1. The smallest absolute Gasteiger partial charge is 0.255 e. The molecule has 0 unspecified atom stereocenters. The van der Waals surface area contributed by atoms with Gasteiger partial charge < -0.3 is 19.5 Å². The summed E-state index contributed by atoms with van der Waals surface area (Å²) in [7, 11) is 0. The van der Waals surface area contributed by atoms with Crippen molar-refractivity contribution in [3.05, 3.63) is 52.6 Å². The van der Waals surface area contributed by atoms with E-state index in [1.807, 2.05) is 4.90 Å². The van der Waals surface area contributed by atoms with Gasteiger partial charge >= 0.3 is 0 Å². The van der Waals surface area contributed by atoms with E-state index in [9.17, 15) is 14.0 Å². The van der Waals surface area contributed by atoms with Gasteiger partial charge in [0.1, 0.15) is 17.7 Å². The number of rotatable bonds is 2. The number of aromatic nitrogens is 3. The Balaban J connectivity index is 1.44. The number of hydrogen-bond donors (Lipinski definition) is 1. The number of nitrogens with one attached hydrogen (secondary N) is 1. The highest BCUT2D eigenvalue weighted by atomic mass is 19.1. The van der Waals surface area contributed by atoms with Crippen molar-refractivity contribution >= 4 is 11.7 Å². The predicted molar refractivity (Wildman–Crippen MR) is 85.9 cm³/mol. The molecule has 1 N–H and O–H groups in total. The van der Waals surface area contributed by atoms with Crippen LogP contribution in [0.4, 0.5) is 10.2 Å². The molecule has 0 radical (unpaired) electrons. The van der Waals surface area contributed by atoms with Gasteiger partial charge in [-0.25, -0.2) is 9.97 Å². The lowest BCUT2D eigenvalue weighted by Crippen LogP contribution is -2.71. The van der Waals surface area contributed by atoms with E-state index in [0.29, 0.717) is 44.2 Å². The number of hydrogen-bond acceptors (Lipinski definition) is 6. The van der Waals surface area contributed by atoms with Crippen LogP contribution in [0.15, 0.2) is 35.5 Å². The lowest BCUT2D eigenvalue weighted by Gasteiger charge is -2.54. The maximum absolute atomic E-state index is 13.2. The highest BCUT2D eigenvalue weighted by Crippen LogP contribution is 2.32. The van der Waals surface area contributed by atoms with Crippen molar-refractivity contribution in [2.45, 2.75) is 5.60 Å². The van der Waals surface area contributed by atoms with Crippen LogP contribution in [0.3, 0.4) is 0 Å². The van der Waals surface area contributed by atoms with E-state index in [4.69, 9.17) is 4.74 Å². The molecule has 4 heterocycles. The summed E-state index contributed by atoms with van der Waals surface area (Å²) in [5, 5.41) is 0. The molecule has 4 rings (SSSR count). The third-order valence-corrected chi connectivity index (χ3v) is 4.47. The fourth-order valence-corrected chi connectivity index (χ4v) is 3.24. The number of pyridine rings is 1. The first-order valence-electron chi connectivity index (χ1n) is 7.89. The van der Waals surface area contributed by atoms with Gasteiger partial charge in [-0.15, -0.1) is 0 Å². The summed E-state index contributed by atoms with van der Waals surface area (Å²) in [5.74, 6) is -0.221. The van der Waals surface area contributed by atoms with E-state index < -0.39 is 11.5 Å². The molecular weight excluding hydrogens is 329 g/mol. The van der Waals surface area contributed by atoms with Crippen LogP contribution < -0.4 is 10.5 Å². The third-order valence-electron chi connectivity index (χ3n) is 4.47. The second kappa shape index (κ2) is 5.92. The van der Waals surface area contributed by atoms with E-state index in [1.54, 1.807) is 4.90 Å². The number of H-pyrrole nitrogens is 1. The number of morpholine rings is 1. The van der Waals surface area contributed by atoms with Crippen molar-refractivity contribution in [1.29, 1.82) is 0 Å². The van der Waals surface area contributed by atoms with Gasteiger partial charge in [-0.05, 0) is 6.07 Å². The van der Waals surface area contributed by atoms with Gasteiger partial charge in [-0.2, -0.15) is 4.39 Å². The van der Waals surface area contributed by atoms with E-state index in [2.05, 4.69) is 15.0 Å². The van der Waals surface area contributed by atoms with Gasteiger partial charge in [-0.1, -0.05) is 0 Å². The number of amides is 1. The zero-order valence-electron chi connectivity index (χ0n) is 13.3. The normalized spacial score (nSPS) is 18.9. The summed E-state index contributed by atoms with van der Waals surface area (Å²) in [5.41, 5.74) is -0.287. The number of carbonyl (C=O) groups excluding carboxylic acids is 1. The number of aromatic amines is 1. The van der Waals surface area contributed by atoms with Crippen LogP contribution in [0, 0.1) is 5.95 Å². The summed E-state index contributed by atoms with van der Waals surface area (Å²) >= 11 is 0. The fourth-order valence-electron chi connectivity index (χ4n) is 3.24. The van der Waals surface area contributed by atoms with Crippen LogP contribution in [0.1, 0.15) is 10.4 Å². The van der Waals surface area contributed by atoms with Crippen LogP contribution in [0.5, 0.6) is 0 Å². The van der Waals surface area contributed by atoms with E-state index in [1.165, 1.54) is 30.7 Å². The number of anilines is 1. The first-order valence-corrected chi connectivity index (χ1v) is 7.89. The van der Waals surface area contributed by atoms with Crippen LogP contribution >= 0.6 is 0 Å². The minimum atomic E-state index is -0.578. The molecule has 2 aliphatic heterocycles. The Labute approximate surface area is 142 Å². The molecule has 2 fully saturated rings. The Morgan fingerprint density at radius 1 is 1.28 bits per heavy atom. The van der Waals surface area contributed by atoms with Gasteiger partial charge in [0, 0.05) is 24.9 Å². The van der Waals surface area contributed by atoms with Crippen molar-refractivity contribution in [3.8, 4) is 0 Å². The Hall–Kier alpha value is -2.81. The molecule has 0 saturated carbocycles. The van der Waals surface area contributed by atoms with Gasteiger partial charge in [0.25, 0.3) is 5.91 Å². The molecule has 0 aromatic carbocycles. The summed E-state index contributed by atoms with van der Waals surface area (Å²) in [6, 6.07) is 4.12. The quantitative estimate of drug-likeness (QED) is 0.773. The Kier molecular flexibility index (Phi) is 3.72. The molecule has 130 valence electrons. The van der Waals surface area contributed by atoms with Gasteiger partial charge in [0.05, 0.1) is 31.8 Å². The standard InChI is InChI=1S/C16H16FN5O3/c17-12-5-13(20-10-19-12)22-8-16(9-22)7-21(3-4-25-16)15(24)11-1-2-14(23)18-6-11/h1-2,5-6,10H,3-4,7-9H2,(H,18,23). The Bertz CT molecular complexity index is 844. The zero-order valence-corrected chi connectivity index (χ0v) is 13.3. The van der Waals surface area contributed by atoms with Crippen LogP contribution in [0.2, 0.25) is 0 Å². The molecule has 2 aromatic heterocycles. The molecule has 0 atom stereocenters. The highest BCUT2D eigenvalue weighted by Gasteiger charge is 2.48. The largest absolute Gasteiger partial charge is 0.368 e. The first kappa shape index (κ1) is 15.7. The maximum Gasteiger partial charge on any atom is 0.255 e. The monoisotopic (exact) mass is 345 g/mol. The highest BCUT2D eigenvalue weighted by molar-refractivity contribution is 5.94. The molecule has 1 amide bonds. The topological polar surface area (TPSA) is 91.4 Å². The molecule has 8 nitrogen and oxygen atoms in total. The SMILES string of the molecule is O=C(c1ccc(=O)[nH]c1)N1CCOC2(C1)CN(c1cc(F)ncn1)C2. The summed E-state index contributed by atoms with van der Waals surface area (Å²) in [4.78, 5) is 37.3. The minimum absolute atomic E-state index is 0.148. The molecular formula is C16H16FN5O3. The molecule has 25 heavy (non-hydrogen) atoms. The minimum Gasteiger partial charge on any atom is -0.368 e. The fraction of sp³-hybridized carbons (Fsp3) is 0.375. The first-order chi connectivity index (χ1) is 12.0. The van der Waals surface area contributed by atoms with Gasteiger partial charge in [-0.3, -0.25) is 9.59 Å². The number of ether oxygens (including phenoxy) is 1. The zero-order chi connectivity index (χ0) is 17.4. The van der Waals surface area contributed by atoms with Crippen molar-refractivity contribution in [2.75, 3.05) is 37.7 Å². The predicted octanol–water partition coefficient (Wildman–Crippen LogP) is 0.0354. The molecule has 1 spiro atoms. The second-order valence-electron chi connectivity index (χ2n) is 6.25. The van der Waals surface area contributed by atoms with Crippen molar-refractivity contribution in [2.24, 2.45) is 0 Å². The van der Waals surface area contributed by atoms with E-state index in [0.717, 1.165) is 0 Å². The van der Waals surface area contributed by atoms with Crippen LogP contribution in [0.25, 0.3) is 0 Å². The Morgan fingerprint density at radius 3 is 2.84 bits per heavy atom. The van der Waals surface area contributed by atoms with E-state index in [-0.39, 0.29) is 11.5 Å². The lowest BCUT2D eigenvalue weighted by atomic mass is 9.91.